The van der Waals surface area contributed by atoms with Crippen LogP contribution >= 0.6 is 22.6 Å². The molecule has 19 heavy (non-hydrogen) atoms. The molecule has 0 aliphatic carbocycles. The maximum Gasteiger partial charge on any atom is 0.419 e. The molecule has 0 saturated heterocycles. The molecule has 0 unspecified atom stereocenters. The van der Waals surface area contributed by atoms with Crippen molar-refractivity contribution in [3.05, 3.63) is 32.3 Å². The molecule has 0 aliphatic heterocycles. The van der Waals surface area contributed by atoms with Gasteiger partial charge in [-0.1, -0.05) is 39.0 Å². The van der Waals surface area contributed by atoms with E-state index in [0.29, 0.717) is 5.58 Å². The summed E-state index contributed by atoms with van der Waals surface area (Å²) in [6.07, 6.45) is 7.37. The predicted octanol–water partition coefficient (Wildman–Crippen LogP) is 4.56. The third-order valence-corrected chi connectivity index (χ3v) is 4.04. The fraction of sp³-hybridized carbons (Fsp3) is 0.533. The quantitative estimate of drug-likeness (QED) is 0.527. The number of unbranched alkanes of at least 4 members (excludes halogenated alkanes) is 5. The summed E-state index contributed by atoms with van der Waals surface area (Å²) < 4.78 is 8.14. The second-order valence-electron chi connectivity index (χ2n) is 4.90. The third kappa shape index (κ3) is 3.84. The van der Waals surface area contributed by atoms with Gasteiger partial charge in [0.15, 0.2) is 5.58 Å². The number of aromatic nitrogens is 1. The van der Waals surface area contributed by atoms with Crippen LogP contribution < -0.4 is 5.76 Å². The molecule has 2 aromatic rings. The Morgan fingerprint density at radius 2 is 1.89 bits per heavy atom. The highest BCUT2D eigenvalue weighted by Crippen LogP contribution is 2.17. The van der Waals surface area contributed by atoms with E-state index in [9.17, 15) is 4.79 Å². The zero-order chi connectivity index (χ0) is 13.7. The lowest BCUT2D eigenvalue weighted by molar-refractivity contribution is 0.485. The first-order valence-electron chi connectivity index (χ1n) is 7.01. The lowest BCUT2D eigenvalue weighted by Gasteiger charge is -2.02. The number of hydrogen-bond donors (Lipinski definition) is 0. The van der Waals surface area contributed by atoms with Crippen LogP contribution in [0.3, 0.4) is 0 Å². The lowest BCUT2D eigenvalue weighted by atomic mass is 10.1. The van der Waals surface area contributed by atoms with Gasteiger partial charge in [-0.25, -0.2) is 4.79 Å². The van der Waals surface area contributed by atoms with E-state index in [1.54, 1.807) is 4.57 Å². The van der Waals surface area contributed by atoms with Crippen molar-refractivity contribution in [2.24, 2.45) is 0 Å². The Kier molecular flexibility index (Phi) is 5.48. The van der Waals surface area contributed by atoms with Crippen LogP contribution in [-0.2, 0) is 6.54 Å². The number of nitrogens with zero attached hydrogens (tertiary/aromatic N) is 1. The monoisotopic (exact) mass is 373 g/mol. The summed E-state index contributed by atoms with van der Waals surface area (Å²) in [6, 6.07) is 5.84. The number of oxazole rings is 1. The minimum Gasteiger partial charge on any atom is -0.408 e. The molecular weight excluding hydrogens is 353 g/mol. The van der Waals surface area contributed by atoms with E-state index in [2.05, 4.69) is 29.5 Å². The van der Waals surface area contributed by atoms with Gasteiger partial charge in [-0.05, 0) is 47.2 Å². The van der Waals surface area contributed by atoms with Crippen LogP contribution in [0.2, 0.25) is 0 Å². The van der Waals surface area contributed by atoms with Crippen LogP contribution in [0.15, 0.2) is 27.4 Å². The average molecular weight is 373 g/mol. The number of hydrogen-bond acceptors (Lipinski definition) is 2. The molecule has 0 atom stereocenters. The number of aryl methyl sites for hydroxylation is 1. The van der Waals surface area contributed by atoms with E-state index in [4.69, 9.17) is 4.42 Å². The highest BCUT2D eigenvalue weighted by Gasteiger charge is 2.08. The first-order valence-corrected chi connectivity index (χ1v) is 8.09. The summed E-state index contributed by atoms with van der Waals surface area (Å²) in [5.74, 6) is -0.231. The van der Waals surface area contributed by atoms with Gasteiger partial charge in [-0.3, -0.25) is 4.57 Å². The van der Waals surface area contributed by atoms with Gasteiger partial charge in [0.05, 0.1) is 5.52 Å². The normalized spacial score (nSPS) is 11.3. The number of fused-ring (bicyclic) bond motifs is 1. The van der Waals surface area contributed by atoms with Crippen molar-refractivity contribution in [3.63, 3.8) is 0 Å². The van der Waals surface area contributed by atoms with Crippen molar-refractivity contribution in [3.8, 4) is 0 Å². The van der Waals surface area contributed by atoms with Crippen molar-refractivity contribution in [2.75, 3.05) is 0 Å². The molecular formula is C15H20INO2. The Labute approximate surface area is 127 Å². The topological polar surface area (TPSA) is 35.1 Å². The average Bonchev–Trinajstić information content (AvgIpc) is 2.69. The maximum atomic E-state index is 11.8. The Balaban J connectivity index is 1.98. The molecule has 0 N–H and O–H groups in total. The first kappa shape index (κ1) is 14.6. The van der Waals surface area contributed by atoms with Crippen LogP contribution in [0.25, 0.3) is 11.1 Å². The fourth-order valence-electron chi connectivity index (χ4n) is 2.30. The standard InChI is InChI=1S/C15H20INO2/c1-2-3-4-5-6-7-10-17-13-11-12(16)8-9-14(13)19-15(17)18/h8-9,11H,2-7,10H2,1H3. The summed E-state index contributed by atoms with van der Waals surface area (Å²) >= 11 is 2.26. The molecule has 1 aromatic carbocycles. The lowest BCUT2D eigenvalue weighted by Crippen LogP contribution is -2.14. The zero-order valence-corrected chi connectivity index (χ0v) is 13.5. The van der Waals surface area contributed by atoms with Crippen molar-refractivity contribution in [2.45, 2.75) is 52.0 Å². The van der Waals surface area contributed by atoms with Gasteiger partial charge in [-0.2, -0.15) is 0 Å². The molecule has 0 aliphatic rings. The summed E-state index contributed by atoms with van der Waals surface area (Å²) in [4.78, 5) is 11.8. The predicted molar refractivity (Wildman–Crippen MR) is 86.6 cm³/mol. The minimum absolute atomic E-state index is 0.231. The molecule has 2 rings (SSSR count). The van der Waals surface area contributed by atoms with Gasteiger partial charge in [-0.15, -0.1) is 0 Å². The van der Waals surface area contributed by atoms with Gasteiger partial charge in [0, 0.05) is 10.1 Å². The molecule has 3 nitrogen and oxygen atoms in total. The molecule has 0 bridgehead atoms. The van der Waals surface area contributed by atoms with Gasteiger partial charge < -0.3 is 4.42 Å². The highest BCUT2D eigenvalue weighted by atomic mass is 127. The SMILES string of the molecule is CCCCCCCCn1c(=O)oc2ccc(I)cc21. The molecule has 1 heterocycles. The van der Waals surface area contributed by atoms with E-state index in [1.165, 1.54) is 32.1 Å². The second kappa shape index (κ2) is 7.12. The highest BCUT2D eigenvalue weighted by molar-refractivity contribution is 14.1. The summed E-state index contributed by atoms with van der Waals surface area (Å²) in [5, 5.41) is 0. The van der Waals surface area contributed by atoms with Crippen molar-refractivity contribution in [1.82, 2.24) is 4.57 Å². The van der Waals surface area contributed by atoms with Crippen LogP contribution in [-0.4, -0.2) is 4.57 Å². The molecule has 104 valence electrons. The molecule has 0 spiro atoms. The van der Waals surface area contributed by atoms with Crippen LogP contribution in [0.4, 0.5) is 0 Å². The molecule has 4 heteroatoms. The smallest absolute Gasteiger partial charge is 0.408 e. The number of rotatable bonds is 7. The van der Waals surface area contributed by atoms with Crippen LogP contribution in [0.1, 0.15) is 45.4 Å². The van der Waals surface area contributed by atoms with Crippen molar-refractivity contribution >= 4 is 33.7 Å². The van der Waals surface area contributed by atoms with Gasteiger partial charge >= 0.3 is 5.76 Å². The van der Waals surface area contributed by atoms with E-state index < -0.39 is 0 Å². The van der Waals surface area contributed by atoms with Crippen molar-refractivity contribution < 1.29 is 4.42 Å². The summed E-state index contributed by atoms with van der Waals surface area (Å²) in [5.41, 5.74) is 1.61. The molecule has 0 amide bonds. The van der Waals surface area contributed by atoms with E-state index in [-0.39, 0.29) is 5.76 Å². The largest absolute Gasteiger partial charge is 0.419 e. The number of halogens is 1. The fourth-order valence-corrected chi connectivity index (χ4v) is 2.77. The Bertz CT molecular complexity index is 585. The van der Waals surface area contributed by atoms with Gasteiger partial charge in [0.25, 0.3) is 0 Å². The molecule has 0 fully saturated rings. The van der Waals surface area contributed by atoms with Gasteiger partial charge in [0.1, 0.15) is 0 Å². The maximum absolute atomic E-state index is 11.8. The Morgan fingerprint density at radius 3 is 2.68 bits per heavy atom. The van der Waals surface area contributed by atoms with Crippen LogP contribution in [0, 0.1) is 3.57 Å². The van der Waals surface area contributed by atoms with Gasteiger partial charge in [0.2, 0.25) is 0 Å². The first-order chi connectivity index (χ1) is 9.22. The van der Waals surface area contributed by atoms with E-state index >= 15 is 0 Å². The minimum atomic E-state index is -0.231. The molecule has 0 radical (unpaired) electrons. The molecule has 0 saturated carbocycles. The van der Waals surface area contributed by atoms with Crippen LogP contribution in [0.5, 0.6) is 0 Å². The second-order valence-corrected chi connectivity index (χ2v) is 6.15. The zero-order valence-electron chi connectivity index (χ0n) is 11.3. The Morgan fingerprint density at radius 1 is 1.16 bits per heavy atom. The Hall–Kier alpha value is -0.780. The van der Waals surface area contributed by atoms with E-state index in [1.807, 2.05) is 18.2 Å². The third-order valence-electron chi connectivity index (χ3n) is 3.36. The molecule has 1 aromatic heterocycles. The van der Waals surface area contributed by atoms with E-state index in [0.717, 1.165) is 22.1 Å². The summed E-state index contributed by atoms with van der Waals surface area (Å²) in [6.45, 7) is 2.98. The number of benzene rings is 1. The summed E-state index contributed by atoms with van der Waals surface area (Å²) in [7, 11) is 0. The van der Waals surface area contributed by atoms with Crippen molar-refractivity contribution in [1.29, 1.82) is 0 Å².